The molecule has 1 rings (SSSR count). The number of hydrogen-bond acceptors (Lipinski definition) is 2. The van der Waals surface area contributed by atoms with Gasteiger partial charge in [0.15, 0.2) is 0 Å². The quantitative estimate of drug-likeness (QED) is 0.588. The molecule has 0 saturated heterocycles. The summed E-state index contributed by atoms with van der Waals surface area (Å²) in [4.78, 5) is 11.2. The molecule has 0 radical (unpaired) electrons. The van der Waals surface area contributed by atoms with Crippen LogP contribution in [0.4, 0.5) is 0 Å². The summed E-state index contributed by atoms with van der Waals surface area (Å²) >= 11 is 0. The van der Waals surface area contributed by atoms with E-state index >= 15 is 0 Å². The van der Waals surface area contributed by atoms with Crippen LogP contribution >= 0.6 is 0 Å². The van der Waals surface area contributed by atoms with Gasteiger partial charge in [0, 0.05) is 12.0 Å². The molecule has 0 aromatic heterocycles. The Balaban J connectivity index is 2.67. The van der Waals surface area contributed by atoms with Gasteiger partial charge in [0.2, 0.25) is 0 Å². The van der Waals surface area contributed by atoms with Crippen LogP contribution in [-0.4, -0.2) is 12.6 Å². The number of carbonyl (C=O) groups is 1. The molecule has 0 amide bonds. The average molecular weight is 232 g/mol. The Bertz CT molecular complexity index is 444. The zero-order chi connectivity index (χ0) is 13.0. The fourth-order valence-corrected chi connectivity index (χ4v) is 1.76. The van der Waals surface area contributed by atoms with Crippen LogP contribution in [0.25, 0.3) is 0 Å². The van der Waals surface area contributed by atoms with E-state index in [9.17, 15) is 4.79 Å². The molecule has 1 aromatic carbocycles. The van der Waals surface area contributed by atoms with E-state index in [4.69, 9.17) is 4.74 Å². The maximum absolute atomic E-state index is 11.2. The number of carbonyl (C=O) groups excluding carboxylic acids is 1. The smallest absolute Gasteiger partial charge is 0.333 e. The van der Waals surface area contributed by atoms with Gasteiger partial charge >= 0.3 is 5.97 Å². The second-order valence-electron chi connectivity index (χ2n) is 4.47. The third-order valence-corrected chi connectivity index (χ3v) is 3.04. The molecular weight excluding hydrogens is 212 g/mol. The van der Waals surface area contributed by atoms with E-state index in [2.05, 4.69) is 39.5 Å². The minimum Gasteiger partial charge on any atom is -0.462 e. The summed E-state index contributed by atoms with van der Waals surface area (Å²) in [6, 6.07) is 4.23. The van der Waals surface area contributed by atoms with Crippen molar-refractivity contribution in [3.8, 4) is 0 Å². The van der Waals surface area contributed by atoms with Crippen molar-refractivity contribution in [1.82, 2.24) is 0 Å². The summed E-state index contributed by atoms with van der Waals surface area (Å²) in [6.07, 6.45) is 0.762. The molecule has 0 N–H and O–H groups in total. The third kappa shape index (κ3) is 3.45. The lowest BCUT2D eigenvalue weighted by atomic mass is 9.96. The van der Waals surface area contributed by atoms with E-state index in [-0.39, 0.29) is 5.97 Å². The molecule has 0 bridgehead atoms. The van der Waals surface area contributed by atoms with E-state index in [1.165, 1.54) is 22.3 Å². The van der Waals surface area contributed by atoms with Crippen LogP contribution in [0, 0.1) is 20.8 Å². The molecule has 0 atom stereocenters. The number of aryl methyl sites for hydroxylation is 2. The van der Waals surface area contributed by atoms with Gasteiger partial charge in [-0.05, 0) is 49.9 Å². The van der Waals surface area contributed by atoms with Crippen molar-refractivity contribution in [3.63, 3.8) is 0 Å². The van der Waals surface area contributed by atoms with Gasteiger partial charge in [-0.15, -0.1) is 0 Å². The Labute approximate surface area is 103 Å². The van der Waals surface area contributed by atoms with Crippen LogP contribution in [0.1, 0.15) is 29.2 Å². The topological polar surface area (TPSA) is 26.3 Å². The first-order chi connectivity index (χ1) is 7.93. The predicted molar refractivity (Wildman–Crippen MR) is 70.1 cm³/mol. The average Bonchev–Trinajstić information content (AvgIpc) is 2.28. The van der Waals surface area contributed by atoms with Crippen LogP contribution in [-0.2, 0) is 16.0 Å². The Morgan fingerprint density at radius 1 is 1.24 bits per heavy atom. The van der Waals surface area contributed by atoms with Gasteiger partial charge in [0.05, 0.1) is 6.61 Å². The zero-order valence-corrected chi connectivity index (χ0v) is 11.1. The van der Waals surface area contributed by atoms with Crippen LogP contribution in [0.5, 0.6) is 0 Å². The molecule has 0 aliphatic rings. The first kappa shape index (κ1) is 13.5. The SMILES string of the molecule is C=C(C)C(=O)OCCc1c(C)ccc(C)c1C. The highest BCUT2D eigenvalue weighted by atomic mass is 16.5. The molecular formula is C15H20O2. The number of ether oxygens (including phenoxy) is 1. The molecule has 0 fully saturated rings. The third-order valence-electron chi connectivity index (χ3n) is 3.04. The first-order valence-corrected chi connectivity index (χ1v) is 5.81. The molecule has 92 valence electrons. The Morgan fingerprint density at radius 2 is 1.82 bits per heavy atom. The summed E-state index contributed by atoms with van der Waals surface area (Å²) in [5.74, 6) is -0.312. The molecule has 2 nitrogen and oxygen atoms in total. The summed E-state index contributed by atoms with van der Waals surface area (Å²) in [5.41, 5.74) is 5.54. The highest BCUT2D eigenvalue weighted by Gasteiger charge is 2.07. The number of benzene rings is 1. The lowest BCUT2D eigenvalue weighted by Gasteiger charge is -2.12. The van der Waals surface area contributed by atoms with E-state index in [1.54, 1.807) is 6.92 Å². The summed E-state index contributed by atoms with van der Waals surface area (Å²) in [5, 5.41) is 0. The van der Waals surface area contributed by atoms with Gasteiger partial charge in [-0.1, -0.05) is 18.7 Å². The normalized spacial score (nSPS) is 10.1. The van der Waals surface area contributed by atoms with Crippen LogP contribution in [0.2, 0.25) is 0 Å². The highest BCUT2D eigenvalue weighted by Crippen LogP contribution is 2.18. The van der Waals surface area contributed by atoms with Gasteiger partial charge in [-0.3, -0.25) is 0 Å². The maximum Gasteiger partial charge on any atom is 0.333 e. The van der Waals surface area contributed by atoms with Gasteiger partial charge in [-0.25, -0.2) is 4.79 Å². The molecule has 0 saturated carbocycles. The minimum absolute atomic E-state index is 0.312. The van der Waals surface area contributed by atoms with Gasteiger partial charge in [0.1, 0.15) is 0 Å². The van der Waals surface area contributed by atoms with Crippen molar-refractivity contribution in [2.45, 2.75) is 34.1 Å². The Morgan fingerprint density at radius 3 is 2.41 bits per heavy atom. The van der Waals surface area contributed by atoms with E-state index in [0.717, 1.165) is 6.42 Å². The van der Waals surface area contributed by atoms with Gasteiger partial charge < -0.3 is 4.74 Å². The molecule has 0 unspecified atom stereocenters. The second kappa shape index (κ2) is 5.67. The van der Waals surface area contributed by atoms with Crippen LogP contribution < -0.4 is 0 Å². The van der Waals surface area contributed by atoms with Crippen LogP contribution in [0.15, 0.2) is 24.3 Å². The Hall–Kier alpha value is -1.57. The van der Waals surface area contributed by atoms with E-state index in [0.29, 0.717) is 12.2 Å². The lowest BCUT2D eigenvalue weighted by Crippen LogP contribution is -2.09. The molecule has 0 aliphatic heterocycles. The Kier molecular flexibility index (Phi) is 4.50. The monoisotopic (exact) mass is 232 g/mol. The highest BCUT2D eigenvalue weighted by molar-refractivity contribution is 5.86. The van der Waals surface area contributed by atoms with Crippen molar-refractivity contribution >= 4 is 5.97 Å². The van der Waals surface area contributed by atoms with Crippen LogP contribution in [0.3, 0.4) is 0 Å². The zero-order valence-electron chi connectivity index (χ0n) is 11.1. The van der Waals surface area contributed by atoms with Crippen molar-refractivity contribution in [2.75, 3.05) is 6.61 Å². The lowest BCUT2D eigenvalue weighted by molar-refractivity contribution is -0.138. The minimum atomic E-state index is -0.312. The molecule has 2 heteroatoms. The van der Waals surface area contributed by atoms with E-state index < -0.39 is 0 Å². The predicted octanol–water partition coefficient (Wildman–Crippen LogP) is 3.27. The molecule has 0 spiro atoms. The number of rotatable bonds is 4. The number of esters is 1. The fraction of sp³-hybridized carbons (Fsp3) is 0.400. The summed E-state index contributed by atoms with van der Waals surface area (Å²) in [6.45, 7) is 11.9. The fourth-order valence-electron chi connectivity index (χ4n) is 1.76. The van der Waals surface area contributed by atoms with E-state index in [1.807, 2.05) is 0 Å². The van der Waals surface area contributed by atoms with Gasteiger partial charge in [-0.2, -0.15) is 0 Å². The largest absolute Gasteiger partial charge is 0.462 e. The second-order valence-corrected chi connectivity index (χ2v) is 4.47. The molecule has 1 aromatic rings. The molecule has 0 aliphatic carbocycles. The standard InChI is InChI=1S/C15H20O2/c1-10(2)15(16)17-9-8-14-12(4)7-6-11(3)13(14)5/h6-7H,1,8-9H2,2-5H3. The summed E-state index contributed by atoms with van der Waals surface area (Å²) in [7, 11) is 0. The summed E-state index contributed by atoms with van der Waals surface area (Å²) < 4.78 is 5.12. The first-order valence-electron chi connectivity index (χ1n) is 5.81. The molecule has 17 heavy (non-hydrogen) atoms. The number of hydrogen-bond donors (Lipinski definition) is 0. The van der Waals surface area contributed by atoms with Crippen molar-refractivity contribution in [3.05, 3.63) is 46.5 Å². The maximum atomic E-state index is 11.2. The molecule has 0 heterocycles. The van der Waals surface area contributed by atoms with Crippen molar-refractivity contribution in [2.24, 2.45) is 0 Å². The van der Waals surface area contributed by atoms with Crippen molar-refractivity contribution in [1.29, 1.82) is 0 Å². The van der Waals surface area contributed by atoms with Crippen molar-refractivity contribution < 1.29 is 9.53 Å². The van der Waals surface area contributed by atoms with Gasteiger partial charge in [0.25, 0.3) is 0 Å².